The topological polar surface area (TPSA) is 32.3 Å². The molecule has 2 rings (SSSR count). The van der Waals surface area contributed by atoms with Crippen LogP contribution in [0.5, 0.6) is 0 Å². The zero-order chi connectivity index (χ0) is 16.5. The second kappa shape index (κ2) is 9.71. The predicted octanol–water partition coefficient (Wildman–Crippen LogP) is 4.16. The molecule has 3 nitrogen and oxygen atoms in total. The third kappa shape index (κ3) is 5.65. The molecule has 1 amide bonds. The molecule has 1 atom stereocenters. The zero-order valence-corrected chi connectivity index (χ0v) is 14.8. The Morgan fingerprint density at radius 3 is 2.61 bits per heavy atom. The van der Waals surface area contributed by atoms with Crippen molar-refractivity contribution in [3.05, 3.63) is 35.9 Å². The fourth-order valence-corrected chi connectivity index (χ4v) is 3.42. The number of piperidine rings is 1. The summed E-state index contributed by atoms with van der Waals surface area (Å²) in [6.45, 7) is 7.44. The summed E-state index contributed by atoms with van der Waals surface area (Å²) >= 11 is 0. The molecule has 0 radical (unpaired) electrons. The maximum atomic E-state index is 12.8. The van der Waals surface area contributed by atoms with Crippen molar-refractivity contribution in [3.63, 3.8) is 0 Å². The van der Waals surface area contributed by atoms with Gasteiger partial charge >= 0.3 is 0 Å². The second-order valence-corrected chi connectivity index (χ2v) is 6.76. The van der Waals surface area contributed by atoms with E-state index in [-0.39, 0.29) is 6.04 Å². The van der Waals surface area contributed by atoms with Crippen molar-refractivity contribution in [1.29, 1.82) is 0 Å². The van der Waals surface area contributed by atoms with Crippen molar-refractivity contribution in [2.75, 3.05) is 19.6 Å². The van der Waals surface area contributed by atoms with Gasteiger partial charge in [-0.15, -0.1) is 0 Å². The molecule has 0 aromatic heterocycles. The summed E-state index contributed by atoms with van der Waals surface area (Å²) in [7, 11) is 0. The second-order valence-electron chi connectivity index (χ2n) is 6.76. The van der Waals surface area contributed by atoms with Crippen LogP contribution in [0.25, 0.3) is 0 Å². The zero-order valence-electron chi connectivity index (χ0n) is 14.8. The minimum absolute atomic E-state index is 0.170. The molecule has 23 heavy (non-hydrogen) atoms. The Morgan fingerprint density at radius 1 is 1.26 bits per heavy atom. The summed E-state index contributed by atoms with van der Waals surface area (Å²) in [5.41, 5.74) is 1.24. The predicted molar refractivity (Wildman–Crippen MR) is 96.3 cm³/mol. The van der Waals surface area contributed by atoms with E-state index in [1.807, 2.05) is 6.07 Å². The molecule has 0 bridgehead atoms. The normalized spacial score (nSPS) is 17.0. The molecule has 1 aromatic carbocycles. The summed E-state index contributed by atoms with van der Waals surface area (Å²) in [5.74, 6) is 1.05. The lowest BCUT2D eigenvalue weighted by Crippen LogP contribution is -2.35. The van der Waals surface area contributed by atoms with Gasteiger partial charge in [0.25, 0.3) is 0 Å². The van der Waals surface area contributed by atoms with E-state index in [0.29, 0.717) is 12.3 Å². The summed E-state index contributed by atoms with van der Waals surface area (Å²) in [6.07, 6.45) is 6.39. The minimum atomic E-state index is 0.170. The van der Waals surface area contributed by atoms with E-state index in [1.54, 1.807) is 0 Å². The average Bonchev–Trinajstić information content (AvgIpc) is 2.61. The fraction of sp³-hybridized carbons (Fsp3) is 0.650. The molecule has 0 aliphatic carbocycles. The van der Waals surface area contributed by atoms with Crippen LogP contribution in [0.15, 0.2) is 30.3 Å². The van der Waals surface area contributed by atoms with E-state index in [4.69, 9.17) is 0 Å². The van der Waals surface area contributed by atoms with Crippen LogP contribution in [0.3, 0.4) is 0 Å². The monoisotopic (exact) mass is 316 g/mol. The Labute approximate surface area is 141 Å². The van der Waals surface area contributed by atoms with Crippen LogP contribution >= 0.6 is 0 Å². The molecule has 1 aliphatic heterocycles. The number of nitrogens with zero attached hydrogens (tertiary/aromatic N) is 1. The highest BCUT2D eigenvalue weighted by molar-refractivity contribution is 5.76. The van der Waals surface area contributed by atoms with Gasteiger partial charge in [0.05, 0.1) is 6.04 Å². The van der Waals surface area contributed by atoms with E-state index >= 15 is 0 Å². The number of hydrogen-bond donors (Lipinski definition) is 1. The van der Waals surface area contributed by atoms with Gasteiger partial charge in [-0.25, -0.2) is 0 Å². The molecule has 1 aliphatic rings. The van der Waals surface area contributed by atoms with Gasteiger partial charge in [0.1, 0.15) is 0 Å². The standard InChI is InChI=1S/C20H32N2O/c1-3-4-16-22(17(2)19-8-6-5-7-9-19)20(23)11-10-18-12-14-21-15-13-18/h5-9,17-18,21H,3-4,10-16H2,1-2H3. The number of benzene rings is 1. The number of hydrogen-bond acceptors (Lipinski definition) is 2. The highest BCUT2D eigenvalue weighted by Crippen LogP contribution is 2.24. The van der Waals surface area contributed by atoms with Crippen molar-refractivity contribution >= 4 is 5.91 Å². The van der Waals surface area contributed by atoms with Crippen molar-refractivity contribution in [2.24, 2.45) is 5.92 Å². The summed E-state index contributed by atoms with van der Waals surface area (Å²) in [5, 5.41) is 3.40. The quantitative estimate of drug-likeness (QED) is 0.781. The van der Waals surface area contributed by atoms with Crippen LogP contribution in [-0.4, -0.2) is 30.4 Å². The Bertz CT molecular complexity index is 454. The first kappa shape index (κ1) is 18.0. The van der Waals surface area contributed by atoms with Crippen LogP contribution in [0.2, 0.25) is 0 Å². The number of nitrogens with one attached hydrogen (secondary N) is 1. The van der Waals surface area contributed by atoms with Gasteiger partial charge in [0.15, 0.2) is 0 Å². The molecule has 1 heterocycles. The van der Waals surface area contributed by atoms with Gasteiger partial charge in [-0.05, 0) is 57.2 Å². The Kier molecular flexibility index (Phi) is 7.60. The molecule has 128 valence electrons. The van der Waals surface area contributed by atoms with Gasteiger partial charge in [-0.3, -0.25) is 4.79 Å². The molecule has 0 spiro atoms. The lowest BCUT2D eigenvalue weighted by Gasteiger charge is -2.31. The Balaban J connectivity index is 1.94. The van der Waals surface area contributed by atoms with Crippen LogP contribution in [-0.2, 0) is 4.79 Å². The van der Waals surface area contributed by atoms with E-state index in [9.17, 15) is 4.79 Å². The van der Waals surface area contributed by atoms with Crippen LogP contribution in [0.4, 0.5) is 0 Å². The summed E-state index contributed by atoms with van der Waals surface area (Å²) in [4.78, 5) is 14.9. The molecule has 1 saturated heterocycles. The first-order valence-corrected chi connectivity index (χ1v) is 9.27. The van der Waals surface area contributed by atoms with E-state index < -0.39 is 0 Å². The maximum absolute atomic E-state index is 12.8. The van der Waals surface area contributed by atoms with E-state index in [0.717, 1.165) is 44.8 Å². The van der Waals surface area contributed by atoms with Gasteiger partial charge in [0, 0.05) is 13.0 Å². The van der Waals surface area contributed by atoms with Crippen LogP contribution < -0.4 is 5.32 Å². The fourth-order valence-electron chi connectivity index (χ4n) is 3.42. The number of unbranched alkanes of at least 4 members (excludes halogenated alkanes) is 1. The molecule has 3 heteroatoms. The molecule has 1 fully saturated rings. The van der Waals surface area contributed by atoms with Crippen LogP contribution in [0, 0.1) is 5.92 Å². The first-order chi connectivity index (χ1) is 11.2. The maximum Gasteiger partial charge on any atom is 0.223 e. The lowest BCUT2D eigenvalue weighted by atomic mass is 9.92. The van der Waals surface area contributed by atoms with Gasteiger partial charge in [-0.1, -0.05) is 43.7 Å². The molecule has 1 N–H and O–H groups in total. The SMILES string of the molecule is CCCCN(C(=O)CCC1CCNCC1)C(C)c1ccccc1. The number of carbonyl (C=O) groups is 1. The number of amides is 1. The van der Waals surface area contributed by atoms with Crippen molar-refractivity contribution in [3.8, 4) is 0 Å². The smallest absolute Gasteiger partial charge is 0.223 e. The summed E-state index contributed by atoms with van der Waals surface area (Å²) in [6, 6.07) is 10.6. The highest BCUT2D eigenvalue weighted by Gasteiger charge is 2.22. The van der Waals surface area contributed by atoms with Crippen molar-refractivity contribution in [2.45, 2.75) is 58.4 Å². The van der Waals surface area contributed by atoms with Gasteiger partial charge < -0.3 is 10.2 Å². The highest BCUT2D eigenvalue weighted by atomic mass is 16.2. The molecular weight excluding hydrogens is 284 g/mol. The van der Waals surface area contributed by atoms with Crippen molar-refractivity contribution < 1.29 is 4.79 Å². The molecular formula is C20H32N2O. The van der Waals surface area contributed by atoms with E-state index in [2.05, 4.69) is 48.3 Å². The number of rotatable bonds is 8. The number of carbonyl (C=O) groups excluding carboxylic acids is 1. The summed E-state index contributed by atoms with van der Waals surface area (Å²) < 4.78 is 0. The third-order valence-electron chi connectivity index (χ3n) is 5.05. The van der Waals surface area contributed by atoms with Gasteiger partial charge in [0.2, 0.25) is 5.91 Å². The third-order valence-corrected chi connectivity index (χ3v) is 5.05. The first-order valence-electron chi connectivity index (χ1n) is 9.27. The van der Waals surface area contributed by atoms with Crippen molar-refractivity contribution in [1.82, 2.24) is 10.2 Å². The Hall–Kier alpha value is -1.35. The minimum Gasteiger partial charge on any atom is -0.336 e. The van der Waals surface area contributed by atoms with E-state index in [1.165, 1.54) is 18.4 Å². The van der Waals surface area contributed by atoms with Crippen LogP contribution in [0.1, 0.15) is 64.0 Å². The van der Waals surface area contributed by atoms with Gasteiger partial charge in [-0.2, -0.15) is 0 Å². The average molecular weight is 316 g/mol. The molecule has 1 unspecified atom stereocenters. The Morgan fingerprint density at radius 2 is 1.96 bits per heavy atom. The largest absolute Gasteiger partial charge is 0.336 e. The molecule has 1 aromatic rings. The lowest BCUT2D eigenvalue weighted by molar-refractivity contribution is -0.133. The molecule has 0 saturated carbocycles.